The molecule has 57 heavy (non-hydrogen) atoms. The van der Waals surface area contributed by atoms with Crippen molar-refractivity contribution >= 4 is 10.4 Å². The molecule has 0 amide bonds. The van der Waals surface area contributed by atoms with E-state index in [2.05, 4.69) is 152 Å². The minimum absolute atomic E-state index is 0. The number of rotatable bonds is 2. The largest absolute Gasteiger partial charge is 2.00 e. The van der Waals surface area contributed by atoms with E-state index in [1.165, 1.54) is 36.1 Å². The first-order valence-corrected chi connectivity index (χ1v) is 17.7. The summed E-state index contributed by atoms with van der Waals surface area (Å²) in [6.45, 7) is 29.4. The van der Waals surface area contributed by atoms with Crippen LogP contribution >= 0.6 is 0 Å². The Kier molecular flexibility index (Phi) is 35.4. The molecule has 0 unspecified atom stereocenters. The Labute approximate surface area is 364 Å². The molecule has 4 heterocycles. The summed E-state index contributed by atoms with van der Waals surface area (Å²) in [7, 11) is -5.17. The fourth-order valence-electron chi connectivity index (χ4n) is 4.15. The topological polar surface area (TPSA) is 293 Å². The molecule has 2 radical (unpaired) electrons. The molecule has 0 saturated carbocycles. The van der Waals surface area contributed by atoms with Crippen molar-refractivity contribution in [1.29, 1.82) is 10.5 Å². The van der Waals surface area contributed by atoms with Gasteiger partial charge in [-0.2, -0.15) is 10.5 Å². The molecule has 0 aliphatic carbocycles. The smallest absolute Gasteiger partial charge is 0.0889 e. The molecule has 17 heteroatoms. The molecule has 0 bridgehead atoms. The molecule has 0 atom stereocenters. The third-order valence-corrected chi connectivity index (χ3v) is 7.03. The Morgan fingerprint density at radius 1 is 0.456 bits per heavy atom. The van der Waals surface area contributed by atoms with Crippen LogP contribution in [0.5, 0.6) is 0 Å². The van der Waals surface area contributed by atoms with Crippen molar-refractivity contribution in [2.45, 2.75) is 119 Å². The number of nitriles is 2. The van der Waals surface area contributed by atoms with Crippen LogP contribution in [0, 0.1) is 22.7 Å². The molecule has 0 aliphatic rings. The van der Waals surface area contributed by atoms with Gasteiger partial charge >= 0.3 is 0 Å². The van der Waals surface area contributed by atoms with Gasteiger partial charge in [0.05, 0.1) is 34.9 Å². The van der Waals surface area contributed by atoms with Gasteiger partial charge in [0.1, 0.15) is 0 Å². The van der Waals surface area contributed by atoms with Crippen molar-refractivity contribution in [3.8, 4) is 34.9 Å². The zero-order chi connectivity index (χ0) is 39.8. The van der Waals surface area contributed by atoms with Crippen molar-refractivity contribution in [2.24, 2.45) is 0 Å². The zero-order valence-electron chi connectivity index (χ0n) is 35.2. The summed E-state index contributed by atoms with van der Waals surface area (Å²) in [6.07, 6.45) is 7.51. The maximum atomic E-state index is 8.52. The van der Waals surface area contributed by atoms with Gasteiger partial charge in [-0.15, -0.1) is 0 Å². The van der Waals surface area contributed by atoms with Crippen LogP contribution in [-0.4, -0.2) is 37.5 Å². The van der Waals surface area contributed by atoms with Gasteiger partial charge in [0.15, 0.2) is 0 Å². The quantitative estimate of drug-likeness (QED) is 0.136. The third-order valence-electron chi connectivity index (χ3n) is 7.03. The molecule has 4 aromatic rings. The van der Waals surface area contributed by atoms with Crippen LogP contribution in [0.15, 0.2) is 73.3 Å². The van der Waals surface area contributed by atoms with Gasteiger partial charge < -0.3 is 31.0 Å². The Bertz CT molecular complexity index is 1650. The zero-order valence-corrected chi connectivity index (χ0v) is 38.8. The first-order chi connectivity index (χ1) is 23.2. The number of pyridine rings is 4. The Balaban J connectivity index is -0.000000129. The van der Waals surface area contributed by atoms with Gasteiger partial charge in [-0.3, -0.25) is 28.4 Å². The summed E-state index contributed by atoms with van der Waals surface area (Å²) in [5.74, 6) is 0. The van der Waals surface area contributed by atoms with Crippen molar-refractivity contribution in [2.75, 3.05) is 0 Å². The average Bonchev–Trinajstić information content (AvgIpc) is 3.00. The molecule has 0 spiro atoms. The molecule has 0 fully saturated rings. The Morgan fingerprint density at radius 2 is 0.579 bits per heavy atom. The molecule has 0 saturated heterocycles. The van der Waals surface area contributed by atoms with Crippen LogP contribution in [0.4, 0.5) is 0 Å². The maximum Gasteiger partial charge on any atom is 0.0889 e. The van der Waals surface area contributed by atoms with Crippen molar-refractivity contribution in [3.63, 3.8) is 0 Å². The molecule has 4 aromatic heterocycles. The Morgan fingerprint density at radius 3 is 0.684 bits per heavy atom. The summed E-state index contributed by atoms with van der Waals surface area (Å²) in [4.78, 5) is 17.9. The van der Waals surface area contributed by atoms with Crippen molar-refractivity contribution < 1.29 is 76.5 Å². The number of aromatic nitrogens is 4. The first kappa shape index (κ1) is 68.2. The van der Waals surface area contributed by atoms with Crippen LogP contribution in [0.2, 0.25) is 0 Å². The predicted octanol–water partition coefficient (Wildman–Crippen LogP) is 8.72. The van der Waals surface area contributed by atoms with E-state index in [1.54, 1.807) is 12.1 Å². The third kappa shape index (κ3) is 28.5. The number of nitrogens with zero attached hydrogens (tertiary/aromatic N) is 6. The molecular formula is C40H54N6O8SV2-10. The molecule has 0 N–H and O–H groups in total. The molecule has 14 nitrogen and oxygen atoms in total. The second-order valence-electron chi connectivity index (χ2n) is 15.6. The second-order valence-corrected chi connectivity index (χ2v) is 16.4. The number of hydrogen-bond donors (Lipinski definition) is 0. The van der Waals surface area contributed by atoms with Crippen molar-refractivity contribution in [1.82, 2.24) is 19.9 Å². The fraction of sp³-hybridized carbons (Fsp3) is 0.450. The monoisotopic (exact) mass is 880 g/mol. The minimum atomic E-state index is -5.17. The first-order valence-electron chi connectivity index (χ1n) is 16.3. The van der Waals surface area contributed by atoms with Crippen LogP contribution in [0.3, 0.4) is 0 Å². The van der Waals surface area contributed by atoms with Crippen molar-refractivity contribution in [3.05, 3.63) is 95.6 Å². The maximum absolute atomic E-state index is 8.52. The summed E-state index contributed by atoms with van der Waals surface area (Å²) in [6, 6.07) is 20.4. The average molecular weight is 881 g/mol. The van der Waals surface area contributed by atoms with E-state index in [0.29, 0.717) is 0 Å². The predicted molar refractivity (Wildman–Crippen MR) is 206 cm³/mol. The van der Waals surface area contributed by atoms with Gasteiger partial charge in [0.25, 0.3) is 0 Å². The normalized spacial score (nSPS) is 10.1. The summed E-state index contributed by atoms with van der Waals surface area (Å²) in [5, 5.41) is 14.6. The number of hydrogen-bond acceptors (Lipinski definition) is 10. The molecule has 0 aromatic carbocycles. The van der Waals surface area contributed by atoms with Gasteiger partial charge in [-0.25, -0.2) is 0 Å². The van der Waals surface area contributed by atoms with E-state index >= 15 is 0 Å². The minimum Gasteiger partial charge on any atom is -2.00 e. The standard InChI is InChI=1S/2C18H24N2.2C2H3N.H2O4S.4O.2V/c2*1-17(2,3)13-7-9-19-15(11-13)16-12-14(8-10-20-16)18(4,5)6;2*1-2-3;1-5(2,3)4;;;;;;/h2*7-12H,1-6H3;2*1H3;(H2,1,2,3,4);;;;;;/q;;;;;4*-2;;/p-2. The van der Waals surface area contributed by atoms with E-state index in [0.717, 1.165) is 22.8 Å². The molecule has 4 rings (SSSR count). The summed E-state index contributed by atoms with van der Waals surface area (Å²) < 4.78 is 34.1. The van der Waals surface area contributed by atoms with Crippen LogP contribution in [0.1, 0.15) is 119 Å². The second kappa shape index (κ2) is 29.6. The van der Waals surface area contributed by atoms with E-state index in [9.17, 15) is 0 Å². The van der Waals surface area contributed by atoms with Crippen LogP contribution in [-0.2, 0) is 91.1 Å². The van der Waals surface area contributed by atoms with Crippen LogP contribution < -0.4 is 0 Å². The van der Waals surface area contributed by atoms with Gasteiger partial charge in [0.2, 0.25) is 0 Å². The molecular weight excluding hydrogens is 826 g/mol. The SMILES string of the molecule is CC#N.CC#N.CC(C)(C)c1ccnc(-c2cc(C(C)(C)C)ccn2)c1.CC(C)(C)c1ccnc(-c2cc(C(C)(C)C)ccn2)c1.O=S(=O)([O-])[O-].[O-2].[O-2].[O-2].[O-2].[V].[V]. The fourth-order valence-corrected chi connectivity index (χ4v) is 4.15. The molecule has 318 valence electrons. The van der Waals surface area contributed by atoms with Gasteiger partial charge in [-0.05, 0) is 92.4 Å². The van der Waals surface area contributed by atoms with E-state index in [1.807, 2.05) is 24.8 Å². The van der Waals surface area contributed by atoms with Gasteiger partial charge in [-0.1, -0.05) is 83.1 Å². The van der Waals surface area contributed by atoms with E-state index in [4.69, 9.17) is 28.0 Å². The van der Waals surface area contributed by atoms with Crippen LogP contribution in [0.25, 0.3) is 22.8 Å². The van der Waals surface area contributed by atoms with Gasteiger partial charge in [0, 0.05) is 86.1 Å². The summed E-state index contributed by atoms with van der Waals surface area (Å²) in [5.41, 5.74) is 9.42. The van der Waals surface area contributed by atoms with E-state index < -0.39 is 10.4 Å². The summed E-state index contributed by atoms with van der Waals surface area (Å²) >= 11 is 0. The Hall–Kier alpha value is -3.54. The van der Waals surface area contributed by atoms with E-state index in [-0.39, 0.29) is 80.7 Å². The molecule has 0 aliphatic heterocycles.